The number of alkyl halides is 2. The lowest BCUT2D eigenvalue weighted by molar-refractivity contribution is -0.387. The number of nitro benzene ring substituents is 2. The van der Waals surface area contributed by atoms with Crippen LogP contribution in [0.2, 0.25) is 10.6 Å². The number of Topliss-reactive ketones (excluding diaryl/α,β-unsaturated/α-hetero) is 1. The van der Waals surface area contributed by atoms with Gasteiger partial charge in [-0.2, -0.15) is 8.78 Å². The summed E-state index contributed by atoms with van der Waals surface area (Å²) in [6.07, 6.45) is 2.55. The summed E-state index contributed by atoms with van der Waals surface area (Å²) < 4.78 is 31.4. The first kappa shape index (κ1) is 31.4. The van der Waals surface area contributed by atoms with Gasteiger partial charge in [-0.25, -0.2) is 19.9 Å². The Bertz CT molecular complexity index is 1580. The third-order valence-electron chi connectivity index (χ3n) is 6.14. The normalized spacial score (nSPS) is 14.0. The number of carbonyl (C=O) groups is 1. The van der Waals surface area contributed by atoms with E-state index in [2.05, 4.69) is 51.8 Å². The van der Waals surface area contributed by atoms with E-state index in [1.165, 1.54) is 36.7 Å². The molecule has 2 heterocycles. The molecule has 17 heteroatoms. The van der Waals surface area contributed by atoms with Crippen LogP contribution >= 0.6 is 55.1 Å². The summed E-state index contributed by atoms with van der Waals surface area (Å²) in [7, 11) is 0. The van der Waals surface area contributed by atoms with Gasteiger partial charge in [0.1, 0.15) is 0 Å². The summed E-state index contributed by atoms with van der Waals surface area (Å²) in [4.78, 5) is 49.2. The fraction of sp³-hybridized carbons (Fsp3) is 0.160. The molecule has 4 rings (SSSR count). The Hall–Kier alpha value is -3.53. The van der Waals surface area contributed by atoms with Gasteiger partial charge in [-0.15, -0.1) is 0 Å². The topological polar surface area (TPSA) is 155 Å². The first-order valence-corrected chi connectivity index (χ1v) is 14.2. The number of benzene rings is 2. The first-order chi connectivity index (χ1) is 19.9. The largest absolute Gasteiger partial charge is 0.305 e. The summed E-state index contributed by atoms with van der Waals surface area (Å²) >= 11 is 18.6. The molecule has 0 bridgehead atoms. The summed E-state index contributed by atoms with van der Waals surface area (Å²) in [6.45, 7) is 0. The van der Waals surface area contributed by atoms with Gasteiger partial charge in [0.2, 0.25) is 22.2 Å². The monoisotopic (exact) mass is 744 g/mol. The van der Waals surface area contributed by atoms with E-state index >= 15 is 8.78 Å². The molecular weight excluding hydrogens is 733 g/mol. The molecule has 0 spiro atoms. The number of nitro groups is 2. The van der Waals surface area contributed by atoms with Crippen LogP contribution in [0.3, 0.4) is 0 Å². The molecule has 0 aliphatic heterocycles. The molecule has 0 radical (unpaired) electrons. The minimum atomic E-state index is -1.63. The molecule has 4 unspecified atom stereocenters. The molecule has 2 aromatic heterocycles. The lowest BCUT2D eigenvalue weighted by Crippen LogP contribution is -2.29. The van der Waals surface area contributed by atoms with Gasteiger partial charge in [-0.1, -0.05) is 56.1 Å². The van der Waals surface area contributed by atoms with Crippen molar-refractivity contribution < 1.29 is 23.4 Å². The molecule has 0 N–H and O–H groups in total. The first-order valence-electron chi connectivity index (χ1n) is 11.6. The molecule has 4 atom stereocenters. The van der Waals surface area contributed by atoms with Gasteiger partial charge in [0.15, 0.2) is 5.78 Å². The van der Waals surface area contributed by atoms with Crippen LogP contribution < -0.4 is 0 Å². The van der Waals surface area contributed by atoms with Gasteiger partial charge < -0.3 is 0 Å². The Morgan fingerprint density at radius 1 is 0.738 bits per heavy atom. The van der Waals surface area contributed by atoms with Crippen molar-refractivity contribution in [2.45, 2.75) is 21.5 Å². The number of aromatic nitrogens is 4. The third-order valence-corrected chi connectivity index (χ3v) is 8.50. The number of halogens is 6. The van der Waals surface area contributed by atoms with Crippen molar-refractivity contribution in [3.05, 3.63) is 126 Å². The second-order valence-corrected chi connectivity index (χ2v) is 11.2. The van der Waals surface area contributed by atoms with E-state index in [0.29, 0.717) is 0 Å². The van der Waals surface area contributed by atoms with Gasteiger partial charge in [-0.3, -0.25) is 25.0 Å². The highest BCUT2D eigenvalue weighted by Crippen LogP contribution is 2.48. The standard InChI is InChI=1S/C25H14Br2Cl2F2N6O5/c26-19(13-7-9-32-24(28)34-13)17(11-3-1-5-15(21(11)30)36(39)40)23(38)18(20(27)14-8-10-33-25(29)35-14)12-4-2-6-16(22(12)31)37(41)42/h1-10,17-20H. The molecule has 0 saturated heterocycles. The van der Waals surface area contributed by atoms with Gasteiger partial charge >= 0.3 is 11.4 Å². The van der Waals surface area contributed by atoms with Crippen molar-refractivity contribution in [2.75, 3.05) is 0 Å². The van der Waals surface area contributed by atoms with Crippen LogP contribution in [-0.4, -0.2) is 35.6 Å². The lowest BCUT2D eigenvalue weighted by atomic mass is 9.78. The van der Waals surface area contributed by atoms with Gasteiger partial charge in [-0.05, 0) is 35.3 Å². The second-order valence-electron chi connectivity index (χ2n) is 8.54. The molecule has 216 valence electrons. The van der Waals surface area contributed by atoms with Crippen LogP contribution in [-0.2, 0) is 4.79 Å². The Morgan fingerprint density at radius 3 is 1.45 bits per heavy atom. The van der Waals surface area contributed by atoms with Gasteiger partial charge in [0, 0.05) is 35.7 Å². The van der Waals surface area contributed by atoms with Crippen LogP contribution in [0.15, 0.2) is 60.9 Å². The zero-order valence-corrected chi connectivity index (χ0v) is 25.3. The molecule has 0 aliphatic rings. The van der Waals surface area contributed by atoms with E-state index in [9.17, 15) is 25.0 Å². The third kappa shape index (κ3) is 6.43. The van der Waals surface area contributed by atoms with E-state index in [0.717, 1.165) is 24.3 Å². The number of carbonyl (C=O) groups excluding carboxylic acids is 1. The van der Waals surface area contributed by atoms with Gasteiger partial charge in [0.25, 0.3) is 0 Å². The van der Waals surface area contributed by atoms with Crippen molar-refractivity contribution in [1.29, 1.82) is 0 Å². The highest BCUT2D eigenvalue weighted by molar-refractivity contribution is 9.09. The molecule has 11 nitrogen and oxygen atoms in total. The van der Waals surface area contributed by atoms with Crippen molar-refractivity contribution in [2.24, 2.45) is 0 Å². The fourth-order valence-electron chi connectivity index (χ4n) is 4.28. The van der Waals surface area contributed by atoms with E-state index in [1.807, 2.05) is 0 Å². The van der Waals surface area contributed by atoms with E-state index < -0.39 is 71.3 Å². The van der Waals surface area contributed by atoms with Crippen LogP contribution in [0.4, 0.5) is 20.2 Å². The predicted molar refractivity (Wildman–Crippen MR) is 154 cm³/mol. The molecular formula is C25H14Br2Cl2F2N6O5. The molecule has 0 fully saturated rings. The number of hydrogen-bond donors (Lipinski definition) is 0. The maximum Gasteiger partial charge on any atom is 0.305 e. The van der Waals surface area contributed by atoms with E-state index in [1.54, 1.807) is 0 Å². The van der Waals surface area contributed by atoms with Crippen molar-refractivity contribution in [3.8, 4) is 0 Å². The number of hydrogen-bond acceptors (Lipinski definition) is 9. The molecule has 2 aromatic carbocycles. The Kier molecular flexibility index (Phi) is 9.86. The summed E-state index contributed by atoms with van der Waals surface area (Å²) in [5, 5.41) is 22.7. The Morgan fingerprint density at radius 2 is 1.12 bits per heavy atom. The minimum absolute atomic E-state index is 0.0914. The Balaban J connectivity index is 2.00. The van der Waals surface area contributed by atoms with Crippen molar-refractivity contribution in [1.82, 2.24) is 19.9 Å². The summed E-state index contributed by atoms with van der Waals surface area (Å²) in [5.74, 6) is -6.81. The van der Waals surface area contributed by atoms with Crippen LogP contribution in [0.5, 0.6) is 0 Å². The van der Waals surface area contributed by atoms with Crippen LogP contribution in [0.25, 0.3) is 0 Å². The van der Waals surface area contributed by atoms with E-state index in [-0.39, 0.29) is 22.0 Å². The SMILES string of the molecule is O=C(C(c1cccc([N+](=O)[O-])c1F)C(Br)c1ccnc(Cl)n1)C(c1cccc([N+](=O)[O-])c1F)C(Br)c1ccnc(Cl)n1. The minimum Gasteiger partial charge on any atom is -0.298 e. The Labute approximate surface area is 261 Å². The average molecular weight is 747 g/mol. The lowest BCUT2D eigenvalue weighted by Gasteiger charge is -2.29. The van der Waals surface area contributed by atoms with Crippen LogP contribution in [0.1, 0.15) is 44.0 Å². The molecule has 0 aliphatic carbocycles. The maximum atomic E-state index is 15.7. The smallest absolute Gasteiger partial charge is 0.298 e. The zero-order chi connectivity index (χ0) is 30.7. The highest BCUT2D eigenvalue weighted by atomic mass is 79.9. The predicted octanol–water partition coefficient (Wildman–Crippen LogP) is 7.38. The number of nitrogens with zero attached hydrogens (tertiary/aromatic N) is 6. The summed E-state index contributed by atoms with van der Waals surface area (Å²) in [6, 6.07) is 9.27. The summed E-state index contributed by atoms with van der Waals surface area (Å²) in [5.41, 5.74) is -2.50. The average Bonchev–Trinajstić information content (AvgIpc) is 2.94. The van der Waals surface area contributed by atoms with Crippen LogP contribution in [0, 0.1) is 31.9 Å². The van der Waals surface area contributed by atoms with Crippen molar-refractivity contribution in [3.63, 3.8) is 0 Å². The van der Waals surface area contributed by atoms with Gasteiger partial charge in [0.05, 0.1) is 42.7 Å². The number of ketones is 1. The second kappa shape index (κ2) is 13.2. The molecule has 42 heavy (non-hydrogen) atoms. The maximum absolute atomic E-state index is 15.7. The highest BCUT2D eigenvalue weighted by Gasteiger charge is 2.43. The molecule has 0 amide bonds. The zero-order valence-electron chi connectivity index (χ0n) is 20.6. The quantitative estimate of drug-likeness (QED) is 0.0700. The molecule has 4 aromatic rings. The van der Waals surface area contributed by atoms with Crippen molar-refractivity contribution >= 4 is 72.2 Å². The molecule has 0 saturated carbocycles. The van der Waals surface area contributed by atoms with E-state index in [4.69, 9.17) is 23.2 Å². The fourth-order valence-corrected chi connectivity index (χ4v) is 6.19. The number of rotatable bonds is 10.